The maximum absolute atomic E-state index is 13.8. The zero-order chi connectivity index (χ0) is 24.3. The molecule has 3 atom stereocenters. The molecule has 4 rings (SSSR count). The van der Waals surface area contributed by atoms with E-state index in [1.165, 1.54) is 31.2 Å². The van der Waals surface area contributed by atoms with Crippen LogP contribution < -0.4 is 5.32 Å². The molecule has 0 saturated carbocycles. The average molecular weight is 496 g/mol. The van der Waals surface area contributed by atoms with Crippen molar-refractivity contribution in [3.8, 4) is 0 Å². The largest absolute Gasteiger partial charge is 0.438 e. The number of fused-ring (bicyclic) bond motifs is 1. The van der Waals surface area contributed by atoms with Crippen LogP contribution in [0.5, 0.6) is 0 Å². The standard InChI is InChI=1S/C19H16ClF6N5O2/c1-9-8-17(33,19(24,25)26)31(28-9)16(32)13-7-15-27-12(10-2-4-11(20)5-3-10)6-14(18(21,22)23)30(15)29-13/h2-5,7,12,14,27,33H,6,8H2,1H3/t12-,14-,17+/m0/s1. The van der Waals surface area contributed by atoms with Crippen LogP contribution in [0.2, 0.25) is 5.02 Å². The maximum atomic E-state index is 13.8. The van der Waals surface area contributed by atoms with E-state index in [0.29, 0.717) is 15.3 Å². The molecule has 0 radical (unpaired) electrons. The van der Waals surface area contributed by atoms with E-state index in [-0.39, 0.29) is 16.5 Å². The number of benzene rings is 1. The molecular formula is C19H16ClF6N5O2. The summed E-state index contributed by atoms with van der Waals surface area (Å²) in [5, 5.41) is 20.2. The minimum absolute atomic E-state index is 0.179. The molecule has 14 heteroatoms. The van der Waals surface area contributed by atoms with Gasteiger partial charge in [0.25, 0.3) is 11.6 Å². The van der Waals surface area contributed by atoms with E-state index >= 15 is 0 Å². The van der Waals surface area contributed by atoms with Crippen molar-refractivity contribution in [2.75, 3.05) is 5.32 Å². The highest BCUT2D eigenvalue weighted by molar-refractivity contribution is 6.30. The van der Waals surface area contributed by atoms with Crippen molar-refractivity contribution in [3.05, 3.63) is 46.6 Å². The van der Waals surface area contributed by atoms with Crippen molar-refractivity contribution >= 4 is 29.0 Å². The van der Waals surface area contributed by atoms with E-state index in [4.69, 9.17) is 11.6 Å². The first kappa shape index (κ1) is 23.4. The molecular weight excluding hydrogens is 480 g/mol. The molecule has 3 heterocycles. The summed E-state index contributed by atoms with van der Waals surface area (Å²) in [6, 6.07) is 4.01. The molecule has 2 aliphatic rings. The van der Waals surface area contributed by atoms with Crippen LogP contribution in [0.1, 0.15) is 47.9 Å². The minimum Gasteiger partial charge on any atom is -0.363 e. The molecule has 1 aromatic heterocycles. The summed E-state index contributed by atoms with van der Waals surface area (Å²) >= 11 is 5.83. The highest BCUT2D eigenvalue weighted by Gasteiger charge is 2.63. The Balaban J connectivity index is 1.72. The number of anilines is 1. The van der Waals surface area contributed by atoms with Gasteiger partial charge in [0, 0.05) is 29.6 Å². The Labute approximate surface area is 187 Å². The first-order valence-corrected chi connectivity index (χ1v) is 9.94. The molecule has 0 bridgehead atoms. The second-order valence-corrected chi connectivity index (χ2v) is 8.28. The van der Waals surface area contributed by atoms with Gasteiger partial charge in [0.2, 0.25) is 0 Å². The van der Waals surface area contributed by atoms with Crippen LogP contribution >= 0.6 is 11.6 Å². The molecule has 0 fully saturated rings. The van der Waals surface area contributed by atoms with E-state index in [9.17, 15) is 36.2 Å². The van der Waals surface area contributed by atoms with Crippen LogP contribution in [0.4, 0.5) is 32.2 Å². The third-order valence-electron chi connectivity index (χ3n) is 5.45. The third-order valence-corrected chi connectivity index (χ3v) is 5.70. The normalized spacial score (nSPS) is 25.5. The summed E-state index contributed by atoms with van der Waals surface area (Å²) in [6.07, 6.45) is -11.5. The van der Waals surface area contributed by atoms with Gasteiger partial charge >= 0.3 is 12.4 Å². The third kappa shape index (κ3) is 4.03. The second-order valence-electron chi connectivity index (χ2n) is 7.84. The highest BCUT2D eigenvalue weighted by atomic mass is 35.5. The lowest BCUT2D eigenvalue weighted by atomic mass is 9.97. The van der Waals surface area contributed by atoms with Crippen molar-refractivity contribution in [3.63, 3.8) is 0 Å². The second kappa shape index (κ2) is 7.62. The van der Waals surface area contributed by atoms with Gasteiger partial charge in [-0.15, -0.1) is 0 Å². The maximum Gasteiger partial charge on any atom is 0.438 e. The number of aliphatic hydroxyl groups is 1. The Bertz CT molecular complexity index is 1110. The summed E-state index contributed by atoms with van der Waals surface area (Å²) in [7, 11) is 0. The van der Waals surface area contributed by atoms with Crippen molar-refractivity contribution < 1.29 is 36.2 Å². The van der Waals surface area contributed by atoms with Gasteiger partial charge in [-0.2, -0.15) is 41.6 Å². The number of hydrogen-bond acceptors (Lipinski definition) is 5. The predicted molar refractivity (Wildman–Crippen MR) is 105 cm³/mol. The topological polar surface area (TPSA) is 82.8 Å². The van der Waals surface area contributed by atoms with Gasteiger partial charge < -0.3 is 10.4 Å². The molecule has 1 amide bonds. The number of carbonyl (C=O) groups excluding carboxylic acids is 1. The molecule has 2 N–H and O–H groups in total. The fourth-order valence-corrected chi connectivity index (χ4v) is 3.98. The number of nitrogens with zero attached hydrogens (tertiary/aromatic N) is 4. The molecule has 2 aromatic rings. The first-order chi connectivity index (χ1) is 15.2. The fourth-order valence-electron chi connectivity index (χ4n) is 3.85. The summed E-state index contributed by atoms with van der Waals surface area (Å²) in [4.78, 5) is 12.8. The van der Waals surface area contributed by atoms with Gasteiger partial charge in [0.1, 0.15) is 5.82 Å². The SMILES string of the molecule is CC1=NN(C(=O)c2cc3n(n2)[C@H](C(F)(F)F)C[C@@H](c2ccc(Cl)cc2)N3)[C@](O)(C(F)(F)F)C1. The quantitative estimate of drug-likeness (QED) is 0.593. The number of rotatable bonds is 2. The van der Waals surface area contributed by atoms with Gasteiger partial charge in [-0.1, -0.05) is 23.7 Å². The number of amides is 1. The van der Waals surface area contributed by atoms with Crippen molar-refractivity contribution in [2.45, 2.75) is 49.9 Å². The molecule has 1 aromatic carbocycles. The fraction of sp³-hybridized carbons (Fsp3) is 0.421. The van der Waals surface area contributed by atoms with Crippen LogP contribution in [0.3, 0.4) is 0 Å². The van der Waals surface area contributed by atoms with Crippen molar-refractivity contribution in [1.29, 1.82) is 0 Å². The van der Waals surface area contributed by atoms with Gasteiger partial charge in [0.05, 0.1) is 6.04 Å². The van der Waals surface area contributed by atoms with E-state index in [2.05, 4.69) is 15.5 Å². The van der Waals surface area contributed by atoms with E-state index in [0.717, 1.165) is 6.07 Å². The first-order valence-electron chi connectivity index (χ1n) is 9.57. The highest BCUT2D eigenvalue weighted by Crippen LogP contribution is 2.45. The number of alkyl halides is 6. The van der Waals surface area contributed by atoms with E-state index in [1.54, 1.807) is 0 Å². The number of nitrogens with one attached hydrogen (secondary N) is 1. The Hall–Kier alpha value is -2.80. The van der Waals surface area contributed by atoms with Crippen molar-refractivity contribution in [1.82, 2.24) is 14.8 Å². The van der Waals surface area contributed by atoms with E-state index < -0.39 is 54.6 Å². The van der Waals surface area contributed by atoms with Crippen LogP contribution in [-0.4, -0.2) is 49.6 Å². The lowest BCUT2D eigenvalue weighted by molar-refractivity contribution is -0.297. The van der Waals surface area contributed by atoms with Gasteiger partial charge in [-0.05, 0) is 24.6 Å². The summed E-state index contributed by atoms with van der Waals surface area (Å²) < 4.78 is 82.2. The van der Waals surface area contributed by atoms with Crippen molar-refractivity contribution in [2.24, 2.45) is 5.10 Å². The lowest BCUT2D eigenvalue weighted by Crippen LogP contribution is -2.56. The molecule has 7 nitrogen and oxygen atoms in total. The van der Waals surface area contributed by atoms with Gasteiger partial charge in [0.15, 0.2) is 11.7 Å². The van der Waals surface area contributed by atoms with E-state index in [1.807, 2.05) is 0 Å². The Morgan fingerprint density at radius 1 is 1.21 bits per heavy atom. The van der Waals surface area contributed by atoms with Gasteiger partial charge in [-0.3, -0.25) is 4.79 Å². The molecule has 0 saturated heterocycles. The zero-order valence-electron chi connectivity index (χ0n) is 16.7. The Morgan fingerprint density at radius 3 is 2.42 bits per heavy atom. The molecule has 0 unspecified atom stereocenters. The number of hydrazone groups is 1. The number of halogens is 7. The monoisotopic (exact) mass is 495 g/mol. The van der Waals surface area contributed by atoms with Crippen LogP contribution in [-0.2, 0) is 0 Å². The van der Waals surface area contributed by atoms with Crippen LogP contribution in [0.15, 0.2) is 35.4 Å². The molecule has 0 spiro atoms. The smallest absolute Gasteiger partial charge is 0.363 e. The summed E-state index contributed by atoms with van der Waals surface area (Å²) in [5.74, 6) is -1.71. The minimum atomic E-state index is -5.25. The molecule has 33 heavy (non-hydrogen) atoms. The predicted octanol–water partition coefficient (Wildman–Crippen LogP) is 4.67. The summed E-state index contributed by atoms with van der Waals surface area (Å²) in [6.45, 7) is 1.18. The molecule has 178 valence electrons. The van der Waals surface area contributed by atoms with Crippen LogP contribution in [0, 0.1) is 0 Å². The number of aromatic nitrogens is 2. The number of hydrogen-bond donors (Lipinski definition) is 2. The Morgan fingerprint density at radius 2 is 1.85 bits per heavy atom. The van der Waals surface area contributed by atoms with Crippen LogP contribution in [0.25, 0.3) is 0 Å². The Kier molecular flexibility index (Phi) is 5.39. The average Bonchev–Trinajstić information content (AvgIpc) is 3.27. The van der Waals surface area contributed by atoms with Gasteiger partial charge in [-0.25, -0.2) is 4.68 Å². The molecule has 2 aliphatic heterocycles. The lowest BCUT2D eigenvalue weighted by Gasteiger charge is -2.33. The molecule has 0 aliphatic carbocycles. The number of carbonyl (C=O) groups is 1. The zero-order valence-corrected chi connectivity index (χ0v) is 17.5. The summed E-state index contributed by atoms with van der Waals surface area (Å²) in [5.41, 5.74) is -4.05.